The van der Waals surface area contributed by atoms with Gasteiger partial charge in [-0.15, -0.1) is 0 Å². The van der Waals surface area contributed by atoms with E-state index in [0.29, 0.717) is 72.0 Å². The van der Waals surface area contributed by atoms with Crippen molar-refractivity contribution in [1.29, 1.82) is 0 Å². The fraction of sp³-hybridized carbons (Fsp3) is 0.435. The van der Waals surface area contributed by atoms with Crippen molar-refractivity contribution < 1.29 is 22.4 Å². The third-order valence-electron chi connectivity index (χ3n) is 13.6. The molecule has 4 N–H and O–H groups in total. The first-order valence-electron chi connectivity index (χ1n) is 22.2. The van der Waals surface area contributed by atoms with Gasteiger partial charge in [0.25, 0.3) is 0 Å². The standard InChI is InChI=1S/C46H54FN11O4S/c1-63(61,62)58-21-14-31-4-3-7-39(42(31)58)50-44-37-12-17-48-43(37)52-46(53-44)49-33-8-10-40(38(47)27-33)56-19-15-34(16-20-56)55-24-22-54(23-25-55)28-30-13-18-57(29-30)35-6-2-5-32(26-35)36-9-11-41(59)51-45(36)60/h2-8,10,12,17,26-27,30,34,36H,9,11,13-16,18-25,28-29H2,1H3,(H,51,59,60)(H3,48,49,50,52,53)/t30-,36?/m0/s1. The topological polar surface area (TPSA) is 162 Å². The Bertz CT molecular complexity index is 2640. The summed E-state index contributed by atoms with van der Waals surface area (Å²) in [4.78, 5) is 46.5. The molecule has 0 saturated carbocycles. The van der Waals surface area contributed by atoms with Crippen molar-refractivity contribution in [2.45, 2.75) is 50.5 Å². The Kier molecular flexibility index (Phi) is 11.2. The van der Waals surface area contributed by atoms with Crippen LogP contribution in [0.15, 0.2) is 72.9 Å². The monoisotopic (exact) mass is 875 g/mol. The summed E-state index contributed by atoms with van der Waals surface area (Å²) in [5.74, 6) is 0.413. The number of piperazine rings is 1. The number of piperidine rings is 2. The molecule has 330 valence electrons. The highest BCUT2D eigenvalue weighted by atomic mass is 32.2. The lowest BCUT2D eigenvalue weighted by Crippen LogP contribution is -2.54. The molecule has 5 aromatic rings. The van der Waals surface area contributed by atoms with Crippen LogP contribution in [-0.4, -0.2) is 123 Å². The van der Waals surface area contributed by atoms with Crippen molar-refractivity contribution >= 4 is 73.1 Å². The molecule has 0 aliphatic carbocycles. The molecule has 4 fully saturated rings. The number of para-hydroxylation sites is 1. The Morgan fingerprint density at radius 1 is 0.825 bits per heavy atom. The number of aromatic nitrogens is 3. The number of aromatic amines is 1. The van der Waals surface area contributed by atoms with Crippen molar-refractivity contribution in [3.05, 3.63) is 89.9 Å². The minimum Gasteiger partial charge on any atom is -0.371 e. The molecule has 1 unspecified atom stereocenters. The molecule has 2 aromatic heterocycles. The lowest BCUT2D eigenvalue weighted by Gasteiger charge is -2.43. The molecule has 10 rings (SSSR count). The molecule has 2 amide bonds. The van der Waals surface area contributed by atoms with Gasteiger partial charge in [0.05, 0.1) is 34.6 Å². The van der Waals surface area contributed by atoms with Crippen molar-refractivity contribution in [2.24, 2.45) is 5.92 Å². The van der Waals surface area contributed by atoms with E-state index in [1.54, 1.807) is 6.20 Å². The first kappa shape index (κ1) is 41.2. The molecule has 5 aliphatic rings. The van der Waals surface area contributed by atoms with Gasteiger partial charge in [0.15, 0.2) is 0 Å². The van der Waals surface area contributed by atoms with E-state index in [4.69, 9.17) is 4.98 Å². The highest BCUT2D eigenvalue weighted by Gasteiger charge is 2.33. The lowest BCUT2D eigenvalue weighted by atomic mass is 9.90. The molecule has 15 nitrogen and oxygen atoms in total. The van der Waals surface area contributed by atoms with Gasteiger partial charge in [-0.2, -0.15) is 9.97 Å². The third-order valence-corrected chi connectivity index (χ3v) is 14.8. The first-order chi connectivity index (χ1) is 30.5. The molecule has 63 heavy (non-hydrogen) atoms. The predicted molar refractivity (Wildman–Crippen MR) is 244 cm³/mol. The maximum Gasteiger partial charge on any atom is 0.234 e. The SMILES string of the molecule is CS(=O)(=O)N1CCc2cccc(Nc3nc(Nc4ccc(N5CCC(N6CCN(C[C@@H]7CCN(c8cccc(C9CCC(=O)NC9=O)c8)C7)CC6)CC5)c(F)c4)nc4[nH]ccc34)c21. The second kappa shape index (κ2) is 17.1. The van der Waals surface area contributed by atoms with E-state index in [1.807, 2.05) is 48.5 Å². The number of rotatable bonds is 11. The van der Waals surface area contributed by atoms with Gasteiger partial charge in [-0.05, 0) is 91.6 Å². The molecule has 17 heteroatoms. The number of carbonyl (C=O) groups is 2. The van der Waals surface area contributed by atoms with E-state index in [9.17, 15) is 18.0 Å². The van der Waals surface area contributed by atoms with Crippen LogP contribution in [0, 0.1) is 11.7 Å². The van der Waals surface area contributed by atoms with E-state index in [0.717, 1.165) is 100 Å². The number of benzene rings is 3. The minimum absolute atomic E-state index is 0.184. The van der Waals surface area contributed by atoms with Crippen molar-refractivity contribution in [3.8, 4) is 0 Å². The molecule has 3 aromatic carbocycles. The fourth-order valence-electron chi connectivity index (χ4n) is 10.4. The van der Waals surface area contributed by atoms with E-state index in [-0.39, 0.29) is 29.5 Å². The van der Waals surface area contributed by atoms with Gasteiger partial charge in [-0.3, -0.25) is 24.1 Å². The van der Waals surface area contributed by atoms with Crippen LogP contribution in [0.5, 0.6) is 0 Å². The summed E-state index contributed by atoms with van der Waals surface area (Å²) in [5.41, 5.74) is 6.04. The van der Waals surface area contributed by atoms with Gasteiger partial charge in [0.2, 0.25) is 27.8 Å². The zero-order chi connectivity index (χ0) is 43.2. The summed E-state index contributed by atoms with van der Waals surface area (Å²) in [6, 6.07) is 21.5. The average molecular weight is 876 g/mol. The van der Waals surface area contributed by atoms with Crippen molar-refractivity contribution in [1.82, 2.24) is 30.1 Å². The first-order valence-corrected chi connectivity index (χ1v) is 24.1. The molecule has 4 saturated heterocycles. The summed E-state index contributed by atoms with van der Waals surface area (Å²) in [6.45, 7) is 9.27. The molecular formula is C46H54FN11O4S. The van der Waals surface area contributed by atoms with Gasteiger partial charge >= 0.3 is 0 Å². The molecule has 0 spiro atoms. The molecule has 5 aliphatic heterocycles. The summed E-state index contributed by atoms with van der Waals surface area (Å²) in [7, 11) is -3.47. The second-order valence-corrected chi connectivity index (χ2v) is 19.6. The van der Waals surface area contributed by atoms with Gasteiger partial charge in [-0.1, -0.05) is 24.3 Å². The molecule has 0 bridgehead atoms. The smallest absolute Gasteiger partial charge is 0.234 e. The largest absolute Gasteiger partial charge is 0.371 e. The Hall–Kier alpha value is -5.78. The summed E-state index contributed by atoms with van der Waals surface area (Å²) < 4.78 is 42.5. The lowest BCUT2D eigenvalue weighted by molar-refractivity contribution is -0.134. The highest BCUT2D eigenvalue weighted by Crippen LogP contribution is 2.40. The number of carbonyl (C=O) groups excluding carboxylic acids is 2. The zero-order valence-corrected chi connectivity index (χ0v) is 36.3. The van der Waals surface area contributed by atoms with Crippen molar-refractivity contribution in [2.75, 3.05) is 96.4 Å². The van der Waals surface area contributed by atoms with Gasteiger partial charge < -0.3 is 30.3 Å². The Labute approximate surface area is 367 Å². The number of amides is 2. The minimum atomic E-state index is -3.47. The Balaban J connectivity index is 0.709. The number of hydrogen-bond donors (Lipinski definition) is 4. The molecule has 7 heterocycles. The quantitative estimate of drug-likeness (QED) is 0.123. The highest BCUT2D eigenvalue weighted by molar-refractivity contribution is 7.92. The number of nitrogens with zero attached hydrogens (tertiary/aromatic N) is 7. The molecule has 2 atom stereocenters. The van der Waals surface area contributed by atoms with Crippen LogP contribution < -0.4 is 30.1 Å². The van der Waals surface area contributed by atoms with E-state index < -0.39 is 10.0 Å². The maximum absolute atomic E-state index is 15.8. The van der Waals surface area contributed by atoms with E-state index in [2.05, 4.69) is 57.7 Å². The summed E-state index contributed by atoms with van der Waals surface area (Å²) in [5, 5.41) is 9.78. The van der Waals surface area contributed by atoms with Gasteiger partial charge in [-0.25, -0.2) is 12.8 Å². The number of H-pyrrole nitrogens is 1. The zero-order valence-electron chi connectivity index (χ0n) is 35.5. The van der Waals surface area contributed by atoms with Crippen LogP contribution >= 0.6 is 0 Å². The van der Waals surface area contributed by atoms with Gasteiger partial charge in [0, 0.05) is 95.5 Å². The van der Waals surface area contributed by atoms with E-state index >= 15 is 4.39 Å². The van der Waals surface area contributed by atoms with Crippen LogP contribution in [0.3, 0.4) is 0 Å². The second-order valence-electron chi connectivity index (χ2n) is 17.7. The number of fused-ring (bicyclic) bond motifs is 2. The number of nitrogens with one attached hydrogen (secondary N) is 4. The molecular weight excluding hydrogens is 822 g/mol. The number of sulfonamides is 1. The normalized spacial score (nSPS) is 21.6. The van der Waals surface area contributed by atoms with Crippen LogP contribution in [-0.2, 0) is 26.0 Å². The van der Waals surface area contributed by atoms with Crippen LogP contribution in [0.25, 0.3) is 11.0 Å². The van der Waals surface area contributed by atoms with Crippen LogP contribution in [0.2, 0.25) is 0 Å². The fourth-order valence-corrected chi connectivity index (χ4v) is 11.3. The maximum atomic E-state index is 15.8. The summed E-state index contributed by atoms with van der Waals surface area (Å²) in [6.07, 6.45) is 7.69. The number of anilines is 7. The van der Waals surface area contributed by atoms with E-state index in [1.165, 1.54) is 16.6 Å². The number of hydrogen-bond acceptors (Lipinski definition) is 12. The van der Waals surface area contributed by atoms with Gasteiger partial charge in [0.1, 0.15) is 17.3 Å². The molecule has 0 radical (unpaired) electrons. The van der Waals surface area contributed by atoms with Crippen LogP contribution in [0.4, 0.5) is 44.6 Å². The predicted octanol–water partition coefficient (Wildman–Crippen LogP) is 5.54. The van der Waals surface area contributed by atoms with Crippen molar-refractivity contribution in [3.63, 3.8) is 0 Å². The van der Waals surface area contributed by atoms with Crippen LogP contribution in [0.1, 0.15) is 49.1 Å². The Morgan fingerprint density at radius 2 is 1.63 bits per heavy atom. The average Bonchev–Trinajstić information content (AvgIpc) is 4.06. The number of imide groups is 1. The summed E-state index contributed by atoms with van der Waals surface area (Å²) >= 11 is 0. The Morgan fingerprint density at radius 3 is 2.43 bits per heavy atom. The number of halogens is 1. The third kappa shape index (κ3) is 8.65.